The van der Waals surface area contributed by atoms with Crippen LogP contribution in [0.15, 0.2) is 79.0 Å². The largest absolute Gasteiger partial charge is 0.328 e. The van der Waals surface area contributed by atoms with Crippen LogP contribution in [0, 0.1) is 20.8 Å². The minimum atomic E-state index is -0.305. The second-order valence-electron chi connectivity index (χ2n) is 9.85. The molecule has 0 aliphatic heterocycles. The first-order valence-electron chi connectivity index (χ1n) is 12.7. The van der Waals surface area contributed by atoms with Gasteiger partial charge in [-0.25, -0.2) is 4.98 Å². The first-order chi connectivity index (χ1) is 18.2. The van der Waals surface area contributed by atoms with Gasteiger partial charge in [0.25, 0.3) is 5.91 Å². The molecule has 7 heteroatoms. The van der Waals surface area contributed by atoms with Crippen molar-refractivity contribution in [3.63, 3.8) is 0 Å². The van der Waals surface area contributed by atoms with Crippen molar-refractivity contribution in [1.29, 1.82) is 0 Å². The molecule has 0 aliphatic rings. The van der Waals surface area contributed by atoms with E-state index in [-0.39, 0.29) is 18.4 Å². The van der Waals surface area contributed by atoms with Gasteiger partial charge in [-0.1, -0.05) is 54.6 Å². The van der Waals surface area contributed by atoms with E-state index in [1.54, 1.807) is 11.0 Å². The van der Waals surface area contributed by atoms with Crippen LogP contribution in [0.1, 0.15) is 27.0 Å². The van der Waals surface area contributed by atoms with Crippen molar-refractivity contribution >= 4 is 17.8 Å². The smallest absolute Gasteiger partial charge is 0.254 e. The van der Waals surface area contributed by atoms with Crippen molar-refractivity contribution in [3.05, 3.63) is 101 Å². The Hall–Kier alpha value is -4.23. The lowest BCUT2D eigenvalue weighted by atomic mass is 10.1. The molecule has 0 bridgehead atoms. The molecule has 1 N–H and O–H groups in total. The van der Waals surface area contributed by atoms with Crippen LogP contribution in [0.2, 0.25) is 0 Å². The number of carbonyl (C=O) groups is 2. The van der Waals surface area contributed by atoms with Gasteiger partial charge in [-0.15, -0.1) is 0 Å². The van der Waals surface area contributed by atoms with Crippen LogP contribution in [0.3, 0.4) is 0 Å². The van der Waals surface area contributed by atoms with E-state index in [1.807, 2.05) is 91.3 Å². The second kappa shape index (κ2) is 11.9. The highest BCUT2D eigenvalue weighted by Crippen LogP contribution is 2.25. The number of hydrogen-bond acceptors (Lipinski definition) is 4. The number of rotatable bonds is 9. The molecule has 4 aromatic rings. The second-order valence-corrected chi connectivity index (χ2v) is 9.85. The van der Waals surface area contributed by atoms with Gasteiger partial charge >= 0.3 is 0 Å². The maximum absolute atomic E-state index is 13.4. The molecule has 0 unspecified atom stereocenters. The summed E-state index contributed by atoms with van der Waals surface area (Å²) >= 11 is 0. The van der Waals surface area contributed by atoms with Crippen LogP contribution in [-0.4, -0.2) is 64.9 Å². The summed E-state index contributed by atoms with van der Waals surface area (Å²) in [4.78, 5) is 35.1. The minimum absolute atomic E-state index is 0.0819. The number of amides is 2. The minimum Gasteiger partial charge on any atom is -0.328 e. The first-order valence-corrected chi connectivity index (χ1v) is 12.7. The van der Waals surface area contributed by atoms with Gasteiger partial charge in [0.2, 0.25) is 11.9 Å². The van der Waals surface area contributed by atoms with E-state index < -0.39 is 0 Å². The van der Waals surface area contributed by atoms with Gasteiger partial charge in [0.15, 0.2) is 0 Å². The number of aryl methyl sites for hydroxylation is 3. The maximum Gasteiger partial charge on any atom is 0.254 e. The fraction of sp³-hybridized carbons (Fsp3) is 0.258. The molecule has 3 aromatic carbocycles. The average molecular weight is 510 g/mol. The number of nitrogens with one attached hydrogen (secondary N) is 1. The van der Waals surface area contributed by atoms with Crippen molar-refractivity contribution in [2.45, 2.75) is 20.8 Å². The van der Waals surface area contributed by atoms with Gasteiger partial charge in [-0.2, -0.15) is 0 Å². The van der Waals surface area contributed by atoms with Crippen LogP contribution >= 0.6 is 0 Å². The lowest BCUT2D eigenvalue weighted by Crippen LogP contribution is -2.42. The predicted molar refractivity (Wildman–Crippen MR) is 153 cm³/mol. The maximum atomic E-state index is 13.4. The van der Waals surface area contributed by atoms with E-state index in [9.17, 15) is 9.59 Å². The lowest BCUT2D eigenvalue weighted by molar-refractivity contribution is -0.117. The molecule has 0 radical (unpaired) electrons. The Morgan fingerprint density at radius 2 is 1.55 bits per heavy atom. The van der Waals surface area contributed by atoms with E-state index in [1.165, 1.54) is 5.56 Å². The third-order valence-electron chi connectivity index (χ3n) is 6.61. The molecule has 0 atom stereocenters. The summed E-state index contributed by atoms with van der Waals surface area (Å²) < 4.78 is 1.89. The van der Waals surface area contributed by atoms with Gasteiger partial charge in [-0.05, 0) is 69.8 Å². The quantitative estimate of drug-likeness (QED) is 0.341. The van der Waals surface area contributed by atoms with Gasteiger partial charge in [0, 0.05) is 36.1 Å². The summed E-state index contributed by atoms with van der Waals surface area (Å²) in [6.45, 7) is 7.02. The van der Waals surface area contributed by atoms with E-state index in [2.05, 4.69) is 31.3 Å². The predicted octanol–water partition coefficient (Wildman–Crippen LogP) is 5.11. The zero-order valence-corrected chi connectivity index (χ0v) is 22.7. The lowest BCUT2D eigenvalue weighted by Gasteiger charge is -2.24. The number of benzene rings is 3. The van der Waals surface area contributed by atoms with Crippen molar-refractivity contribution in [3.8, 4) is 16.9 Å². The number of aromatic nitrogens is 2. The van der Waals surface area contributed by atoms with Crippen molar-refractivity contribution in [1.82, 2.24) is 19.4 Å². The SMILES string of the molecule is Cc1ccc(-n2cc(-c3ccccc3)nc2NC(=O)CN(CCN(C)C)C(=O)c2ccccc2C)cc1C. The molecular weight excluding hydrogens is 474 g/mol. The summed E-state index contributed by atoms with van der Waals surface area (Å²) in [6, 6.07) is 23.5. The van der Waals surface area contributed by atoms with Crippen LogP contribution < -0.4 is 5.32 Å². The molecule has 4 rings (SSSR count). The topological polar surface area (TPSA) is 70.5 Å². The summed E-state index contributed by atoms with van der Waals surface area (Å²) in [7, 11) is 3.89. The molecule has 0 fully saturated rings. The molecule has 7 nitrogen and oxygen atoms in total. The number of anilines is 1. The Labute approximate surface area is 224 Å². The monoisotopic (exact) mass is 509 g/mol. The van der Waals surface area contributed by atoms with Crippen LogP contribution in [0.25, 0.3) is 16.9 Å². The molecular formula is C31H35N5O2. The summed E-state index contributed by atoms with van der Waals surface area (Å²) in [5.41, 5.74) is 6.42. The number of likely N-dealkylation sites (N-methyl/N-ethyl adjacent to an activating group) is 1. The third-order valence-corrected chi connectivity index (χ3v) is 6.61. The van der Waals surface area contributed by atoms with E-state index in [0.717, 1.165) is 28.1 Å². The van der Waals surface area contributed by atoms with Gasteiger partial charge in [-0.3, -0.25) is 19.5 Å². The van der Waals surface area contributed by atoms with E-state index in [0.29, 0.717) is 24.6 Å². The first kappa shape index (κ1) is 26.8. The Morgan fingerprint density at radius 1 is 0.842 bits per heavy atom. The molecule has 1 heterocycles. The normalized spacial score (nSPS) is 11.0. The highest BCUT2D eigenvalue weighted by Gasteiger charge is 2.22. The van der Waals surface area contributed by atoms with Gasteiger partial charge in [0.05, 0.1) is 5.69 Å². The van der Waals surface area contributed by atoms with Crippen molar-refractivity contribution in [2.24, 2.45) is 0 Å². The number of imidazole rings is 1. The van der Waals surface area contributed by atoms with E-state index in [4.69, 9.17) is 4.98 Å². The Bertz CT molecular complexity index is 1430. The van der Waals surface area contributed by atoms with Gasteiger partial charge < -0.3 is 9.80 Å². The molecule has 196 valence electrons. The summed E-state index contributed by atoms with van der Waals surface area (Å²) in [5, 5.41) is 2.98. The van der Waals surface area contributed by atoms with E-state index >= 15 is 0 Å². The molecule has 38 heavy (non-hydrogen) atoms. The average Bonchev–Trinajstić information content (AvgIpc) is 3.32. The Kier molecular flexibility index (Phi) is 8.38. The molecule has 0 spiro atoms. The highest BCUT2D eigenvalue weighted by molar-refractivity contribution is 6.00. The summed E-state index contributed by atoms with van der Waals surface area (Å²) in [6.07, 6.45) is 1.93. The van der Waals surface area contributed by atoms with Crippen LogP contribution in [0.4, 0.5) is 5.95 Å². The number of carbonyl (C=O) groups excluding carboxylic acids is 2. The number of hydrogen-bond donors (Lipinski definition) is 1. The molecule has 1 aromatic heterocycles. The van der Waals surface area contributed by atoms with Crippen molar-refractivity contribution < 1.29 is 9.59 Å². The van der Waals surface area contributed by atoms with Crippen molar-refractivity contribution in [2.75, 3.05) is 39.0 Å². The molecule has 0 aliphatic carbocycles. The molecule has 0 saturated heterocycles. The Balaban J connectivity index is 1.63. The fourth-order valence-corrected chi connectivity index (χ4v) is 4.18. The zero-order chi connectivity index (χ0) is 27.2. The molecule has 0 saturated carbocycles. The molecule has 2 amide bonds. The van der Waals surface area contributed by atoms with Crippen LogP contribution in [-0.2, 0) is 4.79 Å². The summed E-state index contributed by atoms with van der Waals surface area (Å²) in [5.74, 6) is -0.0587. The Morgan fingerprint density at radius 3 is 2.24 bits per heavy atom. The number of nitrogens with zero attached hydrogens (tertiary/aromatic N) is 4. The van der Waals surface area contributed by atoms with Crippen LogP contribution in [0.5, 0.6) is 0 Å². The van der Waals surface area contributed by atoms with Gasteiger partial charge in [0.1, 0.15) is 6.54 Å². The third kappa shape index (κ3) is 6.36. The zero-order valence-electron chi connectivity index (χ0n) is 22.7. The highest BCUT2D eigenvalue weighted by atomic mass is 16.2. The fourth-order valence-electron chi connectivity index (χ4n) is 4.18. The standard InChI is InChI=1S/C31H35N5O2/c1-22-15-16-26(19-24(22)3)36-20-28(25-12-7-6-8-13-25)32-31(36)33-29(37)21-35(18-17-34(4)5)30(38)27-14-10-9-11-23(27)2/h6-16,19-20H,17-18,21H2,1-5H3,(H,32,33,37).